The van der Waals surface area contributed by atoms with Gasteiger partial charge in [-0.1, -0.05) is 0 Å². The molecular weight excluding hydrogens is 168 g/mol. The van der Waals surface area contributed by atoms with Gasteiger partial charge < -0.3 is 15.3 Å². The van der Waals surface area contributed by atoms with Gasteiger partial charge in [0.1, 0.15) is 0 Å². The highest BCUT2D eigenvalue weighted by molar-refractivity contribution is 5.73. The number of nitrogens with one attached hydrogen (secondary N) is 1. The van der Waals surface area contributed by atoms with E-state index in [2.05, 4.69) is 5.32 Å². The molecule has 0 aromatic carbocycles. The number of carbonyl (C=O) groups excluding carboxylic acids is 1. The van der Waals surface area contributed by atoms with E-state index in [1.807, 2.05) is 0 Å². The summed E-state index contributed by atoms with van der Waals surface area (Å²) < 4.78 is 0. The minimum absolute atomic E-state index is 0.0442. The van der Waals surface area contributed by atoms with Crippen LogP contribution in [0.15, 0.2) is 0 Å². The lowest BCUT2D eigenvalue weighted by Crippen LogP contribution is -2.41. The van der Waals surface area contributed by atoms with Crippen molar-refractivity contribution >= 4 is 5.91 Å². The van der Waals surface area contributed by atoms with Gasteiger partial charge in [-0.2, -0.15) is 0 Å². The summed E-state index contributed by atoms with van der Waals surface area (Å²) in [7, 11) is 0. The first-order chi connectivity index (χ1) is 6.24. The van der Waals surface area contributed by atoms with E-state index in [-0.39, 0.29) is 12.5 Å². The summed E-state index contributed by atoms with van der Waals surface area (Å²) in [4.78, 5) is 12.8. The highest BCUT2D eigenvalue weighted by atomic mass is 16.3. The molecule has 13 heavy (non-hydrogen) atoms. The molecule has 1 aliphatic rings. The van der Waals surface area contributed by atoms with Crippen LogP contribution < -0.4 is 5.32 Å². The van der Waals surface area contributed by atoms with Crippen molar-refractivity contribution in [3.05, 3.63) is 0 Å². The lowest BCUT2D eigenvalue weighted by atomic mass is 10.2. The van der Waals surface area contributed by atoms with Gasteiger partial charge in [0.25, 0.3) is 0 Å². The molecule has 4 heteroatoms. The van der Waals surface area contributed by atoms with Crippen molar-refractivity contribution < 1.29 is 9.90 Å². The van der Waals surface area contributed by atoms with Gasteiger partial charge in [-0.05, 0) is 19.4 Å². The molecule has 1 rings (SSSR count). The van der Waals surface area contributed by atoms with Gasteiger partial charge in [0.05, 0.1) is 6.61 Å². The monoisotopic (exact) mass is 186 g/mol. The van der Waals surface area contributed by atoms with Gasteiger partial charge in [0.15, 0.2) is 0 Å². The van der Waals surface area contributed by atoms with Gasteiger partial charge in [0.2, 0.25) is 5.91 Å². The Hall–Kier alpha value is -0.610. The molecule has 0 aliphatic carbocycles. The van der Waals surface area contributed by atoms with Crippen LogP contribution in [0.25, 0.3) is 0 Å². The summed E-state index contributed by atoms with van der Waals surface area (Å²) in [6.45, 7) is 3.83. The fourth-order valence-corrected chi connectivity index (χ4v) is 1.68. The second kappa shape index (κ2) is 5.19. The van der Waals surface area contributed by atoms with Crippen molar-refractivity contribution in [3.63, 3.8) is 0 Å². The molecular formula is C9H18N2O2. The van der Waals surface area contributed by atoms with Crippen LogP contribution in [0.3, 0.4) is 0 Å². The molecule has 0 aromatic heterocycles. The molecule has 1 aliphatic heterocycles. The quantitative estimate of drug-likeness (QED) is 0.627. The standard InChI is InChI=1S/C9H18N2O2/c1-8(13)11(5-6-12)7-9-3-2-4-10-9/h9-10,12H,2-7H2,1H3. The first kappa shape index (κ1) is 10.5. The van der Waals surface area contributed by atoms with E-state index in [4.69, 9.17) is 5.11 Å². The first-order valence-corrected chi connectivity index (χ1v) is 4.84. The van der Waals surface area contributed by atoms with Gasteiger partial charge in [-0.3, -0.25) is 4.79 Å². The third-order valence-corrected chi connectivity index (χ3v) is 2.42. The topological polar surface area (TPSA) is 52.6 Å². The number of aliphatic hydroxyl groups excluding tert-OH is 1. The summed E-state index contributed by atoms with van der Waals surface area (Å²) in [6, 6.07) is 0.426. The van der Waals surface area contributed by atoms with E-state index < -0.39 is 0 Å². The van der Waals surface area contributed by atoms with Gasteiger partial charge in [0, 0.05) is 26.1 Å². The molecule has 0 saturated carbocycles. The lowest BCUT2D eigenvalue weighted by Gasteiger charge is -2.23. The van der Waals surface area contributed by atoms with E-state index in [0.717, 1.165) is 19.5 Å². The zero-order valence-corrected chi connectivity index (χ0v) is 8.12. The van der Waals surface area contributed by atoms with E-state index in [1.165, 1.54) is 6.42 Å². The van der Waals surface area contributed by atoms with Crippen molar-refractivity contribution in [3.8, 4) is 0 Å². The zero-order valence-electron chi connectivity index (χ0n) is 8.12. The van der Waals surface area contributed by atoms with Crippen LogP contribution in [0, 0.1) is 0 Å². The Morgan fingerprint density at radius 2 is 2.46 bits per heavy atom. The van der Waals surface area contributed by atoms with Crippen molar-refractivity contribution in [2.45, 2.75) is 25.8 Å². The first-order valence-electron chi connectivity index (χ1n) is 4.84. The normalized spacial score (nSPS) is 21.8. The van der Waals surface area contributed by atoms with Crippen molar-refractivity contribution in [2.75, 3.05) is 26.2 Å². The van der Waals surface area contributed by atoms with E-state index in [9.17, 15) is 4.79 Å². The molecule has 0 bridgehead atoms. The van der Waals surface area contributed by atoms with Crippen molar-refractivity contribution in [2.24, 2.45) is 0 Å². The number of carbonyl (C=O) groups is 1. The third-order valence-electron chi connectivity index (χ3n) is 2.42. The fourth-order valence-electron chi connectivity index (χ4n) is 1.68. The maximum Gasteiger partial charge on any atom is 0.219 e. The Balaban J connectivity index is 2.32. The van der Waals surface area contributed by atoms with Crippen LogP contribution in [0.4, 0.5) is 0 Å². The maximum absolute atomic E-state index is 11.1. The third kappa shape index (κ3) is 3.32. The maximum atomic E-state index is 11.1. The predicted octanol–water partition coefficient (Wildman–Crippen LogP) is -0.421. The van der Waals surface area contributed by atoms with E-state index in [0.29, 0.717) is 12.6 Å². The second-order valence-corrected chi connectivity index (χ2v) is 3.48. The van der Waals surface area contributed by atoms with Crippen molar-refractivity contribution in [1.82, 2.24) is 10.2 Å². The summed E-state index contributed by atoms with van der Waals surface area (Å²) in [6.07, 6.45) is 2.32. The molecule has 4 nitrogen and oxygen atoms in total. The second-order valence-electron chi connectivity index (χ2n) is 3.48. The SMILES string of the molecule is CC(=O)N(CCO)CC1CCCN1. The highest BCUT2D eigenvalue weighted by Gasteiger charge is 2.18. The molecule has 0 aromatic rings. The molecule has 0 radical (unpaired) electrons. The molecule has 0 spiro atoms. The van der Waals surface area contributed by atoms with Gasteiger partial charge in [-0.15, -0.1) is 0 Å². The van der Waals surface area contributed by atoms with Gasteiger partial charge in [-0.25, -0.2) is 0 Å². The van der Waals surface area contributed by atoms with Crippen LogP contribution >= 0.6 is 0 Å². The van der Waals surface area contributed by atoms with E-state index >= 15 is 0 Å². The Morgan fingerprint density at radius 3 is 2.92 bits per heavy atom. The molecule has 1 unspecified atom stereocenters. The molecule has 1 amide bonds. The Kier molecular flexibility index (Phi) is 4.18. The molecule has 76 valence electrons. The van der Waals surface area contributed by atoms with Crippen LogP contribution in [-0.2, 0) is 4.79 Å². The Labute approximate surface area is 78.9 Å². The molecule has 1 fully saturated rings. The number of aliphatic hydroxyl groups is 1. The summed E-state index contributed by atoms with van der Waals surface area (Å²) >= 11 is 0. The Bertz CT molecular complexity index is 167. The Morgan fingerprint density at radius 1 is 1.69 bits per heavy atom. The number of rotatable bonds is 4. The molecule has 1 heterocycles. The summed E-state index contributed by atoms with van der Waals surface area (Å²) in [5.41, 5.74) is 0. The van der Waals surface area contributed by atoms with Crippen LogP contribution in [-0.4, -0.2) is 48.2 Å². The van der Waals surface area contributed by atoms with Gasteiger partial charge >= 0.3 is 0 Å². The molecule has 1 saturated heterocycles. The summed E-state index contributed by atoms with van der Waals surface area (Å²) in [5, 5.41) is 12.1. The zero-order chi connectivity index (χ0) is 9.68. The highest BCUT2D eigenvalue weighted by Crippen LogP contribution is 2.06. The average Bonchev–Trinajstić information content (AvgIpc) is 2.56. The van der Waals surface area contributed by atoms with Crippen LogP contribution in [0.5, 0.6) is 0 Å². The minimum Gasteiger partial charge on any atom is -0.395 e. The lowest BCUT2D eigenvalue weighted by molar-refractivity contribution is -0.129. The van der Waals surface area contributed by atoms with Crippen LogP contribution in [0.2, 0.25) is 0 Å². The van der Waals surface area contributed by atoms with Crippen molar-refractivity contribution in [1.29, 1.82) is 0 Å². The predicted molar refractivity (Wildman–Crippen MR) is 50.4 cm³/mol. The number of hydrogen-bond donors (Lipinski definition) is 2. The van der Waals surface area contributed by atoms with E-state index in [1.54, 1.807) is 11.8 Å². The number of nitrogens with zero attached hydrogens (tertiary/aromatic N) is 1. The minimum atomic E-state index is 0.0442. The fraction of sp³-hybridized carbons (Fsp3) is 0.889. The average molecular weight is 186 g/mol. The van der Waals surface area contributed by atoms with Crippen LogP contribution in [0.1, 0.15) is 19.8 Å². The smallest absolute Gasteiger partial charge is 0.219 e. The molecule has 1 atom stereocenters. The summed E-state index contributed by atoms with van der Waals surface area (Å²) in [5.74, 6) is 0.0442. The number of amides is 1. The molecule has 2 N–H and O–H groups in total. The largest absolute Gasteiger partial charge is 0.395 e. The number of hydrogen-bond acceptors (Lipinski definition) is 3.